The number of hydrogen-bond donors (Lipinski definition) is 4. The summed E-state index contributed by atoms with van der Waals surface area (Å²) in [6, 6.07) is 4.32. The van der Waals surface area contributed by atoms with Crippen LogP contribution in [0.25, 0.3) is 11.0 Å². The number of hydrogen-bond acceptors (Lipinski definition) is 8. The first-order valence-corrected chi connectivity index (χ1v) is 15.1. The topological polar surface area (TPSA) is 171 Å². The molecular weight excluding hydrogens is 560 g/mol. The molecular formula is C28H38N8O5S. The molecule has 42 heavy (non-hydrogen) atoms. The number of nitrogens with one attached hydrogen (secondary N) is 4. The monoisotopic (exact) mass is 598 g/mol. The van der Waals surface area contributed by atoms with Crippen LogP contribution in [0.15, 0.2) is 23.0 Å². The van der Waals surface area contributed by atoms with Gasteiger partial charge in [-0.2, -0.15) is 8.75 Å². The van der Waals surface area contributed by atoms with E-state index in [0.717, 1.165) is 11.7 Å². The highest BCUT2D eigenvalue weighted by Gasteiger charge is 2.26. The van der Waals surface area contributed by atoms with Crippen molar-refractivity contribution in [1.82, 2.24) is 39.1 Å². The van der Waals surface area contributed by atoms with Gasteiger partial charge in [-0.05, 0) is 50.3 Å². The molecule has 3 heterocycles. The van der Waals surface area contributed by atoms with Crippen molar-refractivity contribution < 1.29 is 19.2 Å². The van der Waals surface area contributed by atoms with Gasteiger partial charge in [0.2, 0.25) is 11.8 Å². The van der Waals surface area contributed by atoms with Crippen LogP contribution in [-0.4, -0.2) is 79.0 Å². The van der Waals surface area contributed by atoms with E-state index in [1.165, 1.54) is 0 Å². The molecule has 0 radical (unpaired) electrons. The van der Waals surface area contributed by atoms with Gasteiger partial charge in [0.25, 0.3) is 11.8 Å². The molecule has 0 fully saturated rings. The van der Waals surface area contributed by atoms with Crippen molar-refractivity contribution >= 4 is 46.4 Å². The number of aromatic nitrogens is 4. The predicted molar refractivity (Wildman–Crippen MR) is 158 cm³/mol. The van der Waals surface area contributed by atoms with Gasteiger partial charge in [0, 0.05) is 44.7 Å². The molecule has 0 aliphatic carbocycles. The van der Waals surface area contributed by atoms with E-state index in [4.69, 9.17) is 0 Å². The van der Waals surface area contributed by atoms with Crippen LogP contribution < -0.4 is 21.6 Å². The second kappa shape index (κ2) is 14.2. The van der Waals surface area contributed by atoms with Gasteiger partial charge in [0.15, 0.2) is 5.69 Å². The summed E-state index contributed by atoms with van der Waals surface area (Å²) in [5.74, 6) is -1.21. The van der Waals surface area contributed by atoms with Crippen LogP contribution >= 0.6 is 11.7 Å². The van der Waals surface area contributed by atoms with Crippen molar-refractivity contribution in [3.63, 3.8) is 0 Å². The largest absolute Gasteiger partial charge is 0.354 e. The number of fused-ring (bicyclic) bond motifs is 1. The molecule has 2 bridgehead atoms. The maximum absolute atomic E-state index is 13.2. The van der Waals surface area contributed by atoms with E-state index in [2.05, 4.69) is 29.7 Å². The van der Waals surface area contributed by atoms with E-state index in [0.29, 0.717) is 80.7 Å². The molecule has 3 aromatic rings. The Bertz CT molecular complexity index is 1490. The van der Waals surface area contributed by atoms with Crippen molar-refractivity contribution in [2.75, 3.05) is 26.2 Å². The summed E-state index contributed by atoms with van der Waals surface area (Å²) in [6.45, 7) is 7.20. The molecule has 226 valence electrons. The molecule has 4 N–H and O–H groups in total. The number of benzene rings is 1. The zero-order valence-electron chi connectivity index (χ0n) is 24.2. The quantitative estimate of drug-likeness (QED) is 0.354. The third kappa shape index (κ3) is 7.41. The molecule has 1 aliphatic rings. The molecule has 0 saturated heterocycles. The summed E-state index contributed by atoms with van der Waals surface area (Å²) in [6.07, 6.45) is 2.18. The fourth-order valence-corrected chi connectivity index (χ4v) is 5.46. The number of H-pyrrole nitrogens is 1. The van der Waals surface area contributed by atoms with Gasteiger partial charge in [-0.1, -0.05) is 20.3 Å². The minimum atomic E-state index is -0.700. The number of aryl methyl sites for hydroxylation is 2. The van der Waals surface area contributed by atoms with E-state index < -0.39 is 6.04 Å². The SMILES string of the molecule is CC[C@H](C)[C@@H]1NC(=O)CCCN(C(=O)c2nsnc2C)CCCNC(=O)c2ccc3[nH]c(=O)n(c3c2)CCCNC1=O. The molecule has 2 atom stereocenters. The maximum atomic E-state index is 13.2. The smallest absolute Gasteiger partial charge is 0.326 e. The molecule has 0 saturated carbocycles. The Morgan fingerprint density at radius 3 is 2.52 bits per heavy atom. The molecule has 14 heteroatoms. The summed E-state index contributed by atoms with van der Waals surface area (Å²) in [4.78, 5) is 69.1. The maximum Gasteiger partial charge on any atom is 0.326 e. The Morgan fingerprint density at radius 1 is 1.05 bits per heavy atom. The average molecular weight is 599 g/mol. The molecule has 1 aliphatic heterocycles. The normalized spacial score (nSPS) is 19.1. The first-order valence-electron chi connectivity index (χ1n) is 14.4. The first kappa shape index (κ1) is 30.9. The van der Waals surface area contributed by atoms with Crippen LogP contribution in [0.3, 0.4) is 0 Å². The van der Waals surface area contributed by atoms with Gasteiger partial charge in [-0.25, -0.2) is 4.79 Å². The minimum absolute atomic E-state index is 0.0894. The Kier molecular flexibility index (Phi) is 10.4. The van der Waals surface area contributed by atoms with Crippen molar-refractivity contribution in [2.24, 2.45) is 5.92 Å². The number of nitrogens with zero attached hydrogens (tertiary/aromatic N) is 4. The van der Waals surface area contributed by atoms with Gasteiger partial charge < -0.3 is 25.8 Å². The molecule has 0 unspecified atom stereocenters. The Labute approximate surface area is 247 Å². The third-order valence-corrected chi connectivity index (χ3v) is 8.19. The lowest BCUT2D eigenvalue weighted by Gasteiger charge is -2.24. The van der Waals surface area contributed by atoms with Crippen LogP contribution in [0.1, 0.15) is 72.5 Å². The third-order valence-electron chi connectivity index (χ3n) is 7.57. The highest BCUT2D eigenvalue weighted by Crippen LogP contribution is 2.15. The van der Waals surface area contributed by atoms with Crippen LogP contribution in [0, 0.1) is 12.8 Å². The van der Waals surface area contributed by atoms with E-state index in [1.54, 1.807) is 34.6 Å². The van der Waals surface area contributed by atoms with E-state index in [9.17, 15) is 24.0 Å². The minimum Gasteiger partial charge on any atom is -0.354 e. The van der Waals surface area contributed by atoms with Crippen LogP contribution in [0.5, 0.6) is 0 Å². The summed E-state index contributed by atoms with van der Waals surface area (Å²) in [5, 5.41) is 8.66. The molecule has 4 rings (SSSR count). The first-order chi connectivity index (χ1) is 20.2. The highest BCUT2D eigenvalue weighted by atomic mass is 32.1. The lowest BCUT2D eigenvalue weighted by molar-refractivity contribution is -0.130. The summed E-state index contributed by atoms with van der Waals surface area (Å²) >= 11 is 0.966. The number of amides is 4. The number of aromatic amines is 1. The molecule has 13 nitrogen and oxygen atoms in total. The lowest BCUT2D eigenvalue weighted by Crippen LogP contribution is -2.50. The predicted octanol–water partition coefficient (Wildman–Crippen LogP) is 1.58. The Balaban J connectivity index is 1.56. The fourth-order valence-electron chi connectivity index (χ4n) is 4.92. The van der Waals surface area contributed by atoms with E-state index in [-0.39, 0.29) is 47.4 Å². The molecule has 2 aromatic heterocycles. The second-order valence-corrected chi connectivity index (χ2v) is 11.1. The Hall–Kier alpha value is -4.07. The van der Waals surface area contributed by atoms with Crippen molar-refractivity contribution in [2.45, 2.75) is 65.5 Å². The molecule has 4 amide bonds. The van der Waals surface area contributed by atoms with Crippen molar-refractivity contribution in [3.05, 3.63) is 45.6 Å². The van der Waals surface area contributed by atoms with Crippen molar-refractivity contribution in [3.8, 4) is 0 Å². The van der Waals surface area contributed by atoms with Crippen LogP contribution in [0.4, 0.5) is 0 Å². The van der Waals surface area contributed by atoms with Crippen LogP contribution in [-0.2, 0) is 16.1 Å². The summed E-state index contributed by atoms with van der Waals surface area (Å²) in [5.41, 5.74) is 2.13. The van der Waals surface area contributed by atoms with Gasteiger partial charge in [0.1, 0.15) is 6.04 Å². The zero-order valence-corrected chi connectivity index (χ0v) is 25.0. The molecule has 1 aromatic carbocycles. The number of carbonyl (C=O) groups is 4. The second-order valence-electron chi connectivity index (χ2n) is 10.6. The lowest BCUT2D eigenvalue weighted by atomic mass is 9.98. The zero-order chi connectivity index (χ0) is 30.2. The number of rotatable bonds is 3. The average Bonchev–Trinajstić information content (AvgIpc) is 3.55. The van der Waals surface area contributed by atoms with Gasteiger partial charge in [-0.3, -0.25) is 23.7 Å². The van der Waals surface area contributed by atoms with Gasteiger partial charge in [-0.15, -0.1) is 0 Å². The number of carbonyl (C=O) groups excluding carboxylic acids is 4. The van der Waals surface area contributed by atoms with Crippen molar-refractivity contribution in [1.29, 1.82) is 0 Å². The van der Waals surface area contributed by atoms with Crippen LogP contribution in [0.2, 0.25) is 0 Å². The van der Waals surface area contributed by atoms with E-state index in [1.807, 2.05) is 13.8 Å². The fraction of sp³-hybridized carbons (Fsp3) is 0.536. The number of imidazole rings is 1. The van der Waals surface area contributed by atoms with E-state index >= 15 is 0 Å². The highest BCUT2D eigenvalue weighted by molar-refractivity contribution is 6.99. The van der Waals surface area contributed by atoms with Gasteiger partial charge >= 0.3 is 5.69 Å². The van der Waals surface area contributed by atoms with Gasteiger partial charge in [0.05, 0.1) is 28.5 Å². The summed E-state index contributed by atoms with van der Waals surface area (Å²) < 4.78 is 9.79. The summed E-state index contributed by atoms with van der Waals surface area (Å²) in [7, 11) is 0. The molecule has 0 spiro atoms. The Morgan fingerprint density at radius 2 is 1.79 bits per heavy atom. The standard InChI is InChI=1S/C28H38N8O5S/c1-4-17(2)23-26(39)30-12-7-15-36-21-16-19(9-10-20(21)31-28(36)41)25(38)29-11-6-14-35(13-5-8-22(37)32-23)27(40)24-18(3)33-42-34-24/h9-10,16-17,23H,4-8,11-15H2,1-3H3,(H,29,38)(H,30,39)(H,31,41)(H,32,37)/t17-,23-/m0/s1.